The number of aromatic nitrogens is 5. The second-order valence-electron chi connectivity index (χ2n) is 9.42. The van der Waals surface area contributed by atoms with Crippen molar-refractivity contribution < 1.29 is 0 Å². The third-order valence-electron chi connectivity index (χ3n) is 6.83. The van der Waals surface area contributed by atoms with Crippen LogP contribution in [0, 0.1) is 0 Å². The van der Waals surface area contributed by atoms with Gasteiger partial charge >= 0.3 is 0 Å². The van der Waals surface area contributed by atoms with Gasteiger partial charge in [0.25, 0.3) is 0 Å². The van der Waals surface area contributed by atoms with Gasteiger partial charge in [0.05, 0.1) is 11.0 Å². The molecule has 0 spiro atoms. The minimum absolute atomic E-state index is 0.786. The lowest BCUT2D eigenvalue weighted by Gasteiger charge is -2.12. The van der Waals surface area contributed by atoms with E-state index in [-0.39, 0.29) is 0 Å². The minimum Gasteiger partial charge on any atom is -0.356 e. The number of allylic oxidation sites excluding steroid dienone is 5. The van der Waals surface area contributed by atoms with E-state index in [0.717, 1.165) is 72.2 Å². The van der Waals surface area contributed by atoms with Gasteiger partial charge in [0.1, 0.15) is 11.3 Å². The predicted molar refractivity (Wildman–Crippen MR) is 171 cm³/mol. The molecule has 0 unspecified atom stereocenters. The second-order valence-corrected chi connectivity index (χ2v) is 9.42. The van der Waals surface area contributed by atoms with Gasteiger partial charge in [-0.05, 0) is 72.5 Å². The SMILES string of the molecule is C=C/C(=C\C(=C/C)C(=C)/C=c1/c(-c2cc3c(-c4cccnc4)ccnc3[nH]2)n[nH]/c1=C/C)NC(=C)c1ccccc1. The van der Waals surface area contributed by atoms with Crippen molar-refractivity contribution in [3.8, 4) is 22.5 Å². The molecular weight excluding hydrogens is 504 g/mol. The molecule has 0 atom stereocenters. The Hall–Kier alpha value is -5.49. The summed E-state index contributed by atoms with van der Waals surface area (Å²) < 4.78 is 0. The van der Waals surface area contributed by atoms with Crippen LogP contribution in [0.3, 0.4) is 0 Å². The standard InChI is InChI=1S/C35H32N6/c1-6-25(20-28(7-2)38-24(5)26-13-10-9-11-14-26)23(4)19-31-32(8-3)40-41-34(31)33-21-30-29(16-18-37-35(30)39-33)27-15-12-17-36-22-27/h6-22,38,40H,2,4-5H2,1,3H3,(H,37,39)/b25-6+,28-20+,31-19+,32-8+. The van der Waals surface area contributed by atoms with Crippen LogP contribution in [0.4, 0.5) is 0 Å². The zero-order valence-electron chi connectivity index (χ0n) is 23.3. The molecule has 0 amide bonds. The summed E-state index contributed by atoms with van der Waals surface area (Å²) in [7, 11) is 0. The van der Waals surface area contributed by atoms with E-state index < -0.39 is 0 Å². The van der Waals surface area contributed by atoms with Crippen molar-refractivity contribution in [3.63, 3.8) is 0 Å². The Morgan fingerprint density at radius 2 is 1.83 bits per heavy atom. The molecule has 0 saturated carbocycles. The van der Waals surface area contributed by atoms with Crippen molar-refractivity contribution in [1.82, 2.24) is 30.5 Å². The van der Waals surface area contributed by atoms with E-state index in [1.165, 1.54) is 0 Å². The maximum atomic E-state index is 4.67. The van der Waals surface area contributed by atoms with Crippen molar-refractivity contribution >= 4 is 28.9 Å². The first-order valence-corrected chi connectivity index (χ1v) is 13.3. The topological polar surface area (TPSA) is 82.3 Å². The fraction of sp³-hybridized carbons (Fsp3) is 0.0571. The number of nitrogens with zero attached hydrogens (tertiary/aromatic N) is 3. The van der Waals surface area contributed by atoms with Crippen molar-refractivity contribution in [3.05, 3.63) is 144 Å². The van der Waals surface area contributed by atoms with Crippen LogP contribution in [-0.2, 0) is 0 Å². The number of rotatable bonds is 9. The molecule has 0 radical (unpaired) electrons. The first kappa shape index (κ1) is 27.1. The van der Waals surface area contributed by atoms with Gasteiger partial charge in [-0.25, -0.2) is 4.98 Å². The largest absolute Gasteiger partial charge is 0.356 e. The van der Waals surface area contributed by atoms with Crippen LogP contribution >= 0.6 is 0 Å². The number of pyridine rings is 2. The molecule has 41 heavy (non-hydrogen) atoms. The molecule has 3 N–H and O–H groups in total. The zero-order chi connectivity index (χ0) is 28.8. The van der Waals surface area contributed by atoms with E-state index in [1.54, 1.807) is 18.5 Å². The molecule has 5 rings (SSSR count). The second kappa shape index (κ2) is 12.1. The summed E-state index contributed by atoms with van der Waals surface area (Å²) >= 11 is 0. The van der Waals surface area contributed by atoms with Gasteiger partial charge in [-0.3, -0.25) is 10.1 Å². The van der Waals surface area contributed by atoms with Crippen molar-refractivity contribution in [2.24, 2.45) is 0 Å². The van der Waals surface area contributed by atoms with Gasteiger partial charge in [-0.1, -0.05) is 68.3 Å². The van der Waals surface area contributed by atoms with E-state index >= 15 is 0 Å². The number of hydrogen-bond acceptors (Lipinski definition) is 4. The number of aromatic amines is 2. The Morgan fingerprint density at radius 1 is 1.00 bits per heavy atom. The molecule has 0 aliphatic rings. The van der Waals surface area contributed by atoms with E-state index in [4.69, 9.17) is 0 Å². The maximum Gasteiger partial charge on any atom is 0.138 e. The van der Waals surface area contributed by atoms with Crippen molar-refractivity contribution in [1.29, 1.82) is 0 Å². The van der Waals surface area contributed by atoms with Gasteiger partial charge < -0.3 is 10.3 Å². The number of H-pyrrole nitrogens is 2. The average molecular weight is 537 g/mol. The molecule has 0 bridgehead atoms. The first-order chi connectivity index (χ1) is 20.0. The highest BCUT2D eigenvalue weighted by molar-refractivity contribution is 5.95. The first-order valence-electron chi connectivity index (χ1n) is 13.3. The summed E-state index contributed by atoms with van der Waals surface area (Å²) in [6.45, 7) is 16.5. The Balaban J connectivity index is 1.51. The van der Waals surface area contributed by atoms with Gasteiger partial charge in [0.15, 0.2) is 0 Å². The Morgan fingerprint density at radius 3 is 2.54 bits per heavy atom. The average Bonchev–Trinajstić information content (AvgIpc) is 3.63. The van der Waals surface area contributed by atoms with Crippen LogP contribution in [-0.4, -0.2) is 25.1 Å². The Kier molecular flexibility index (Phi) is 8.02. The number of benzene rings is 1. The lowest BCUT2D eigenvalue weighted by molar-refractivity contribution is 1.06. The fourth-order valence-electron chi connectivity index (χ4n) is 4.68. The lowest BCUT2D eigenvalue weighted by atomic mass is 10.0. The van der Waals surface area contributed by atoms with Crippen LogP contribution in [0.2, 0.25) is 0 Å². The highest BCUT2D eigenvalue weighted by Gasteiger charge is 2.13. The number of fused-ring (bicyclic) bond motifs is 1. The minimum atomic E-state index is 0.786. The lowest BCUT2D eigenvalue weighted by Crippen LogP contribution is -2.23. The summed E-state index contributed by atoms with van der Waals surface area (Å²) in [5.41, 5.74) is 8.91. The van der Waals surface area contributed by atoms with Crippen LogP contribution in [0.5, 0.6) is 0 Å². The van der Waals surface area contributed by atoms with Gasteiger partial charge in [0.2, 0.25) is 0 Å². The molecule has 6 heteroatoms. The molecular formula is C35H32N6. The van der Waals surface area contributed by atoms with Gasteiger partial charge in [-0.2, -0.15) is 5.10 Å². The summed E-state index contributed by atoms with van der Waals surface area (Å²) in [6.07, 6.45) is 15.3. The Labute approximate surface area is 239 Å². The summed E-state index contributed by atoms with van der Waals surface area (Å²) in [5, 5.41) is 14.0. The van der Waals surface area contributed by atoms with Crippen LogP contribution < -0.4 is 15.9 Å². The highest BCUT2D eigenvalue weighted by Crippen LogP contribution is 2.29. The summed E-state index contributed by atoms with van der Waals surface area (Å²) in [6, 6.07) is 18.1. The summed E-state index contributed by atoms with van der Waals surface area (Å²) in [4.78, 5) is 12.3. The number of hydrogen-bond donors (Lipinski definition) is 3. The van der Waals surface area contributed by atoms with E-state index in [1.807, 2.05) is 92.9 Å². The predicted octanol–water partition coefficient (Wildman–Crippen LogP) is 6.43. The van der Waals surface area contributed by atoms with Crippen LogP contribution in [0.1, 0.15) is 19.4 Å². The fourth-order valence-corrected chi connectivity index (χ4v) is 4.68. The molecule has 4 heterocycles. The monoisotopic (exact) mass is 536 g/mol. The Bertz CT molecular complexity index is 1920. The highest BCUT2D eigenvalue weighted by atomic mass is 15.1. The van der Waals surface area contributed by atoms with Gasteiger partial charge in [-0.15, -0.1) is 0 Å². The molecule has 6 nitrogen and oxygen atoms in total. The quantitative estimate of drug-likeness (QED) is 0.190. The zero-order valence-corrected chi connectivity index (χ0v) is 23.3. The summed E-state index contributed by atoms with van der Waals surface area (Å²) in [5.74, 6) is 0. The molecule has 1 aromatic carbocycles. The van der Waals surface area contributed by atoms with E-state index in [9.17, 15) is 0 Å². The van der Waals surface area contributed by atoms with E-state index in [2.05, 4.69) is 56.3 Å². The van der Waals surface area contributed by atoms with Crippen molar-refractivity contribution in [2.45, 2.75) is 13.8 Å². The molecule has 5 aromatic rings. The number of nitrogens with one attached hydrogen (secondary N) is 3. The third-order valence-corrected chi connectivity index (χ3v) is 6.83. The third kappa shape index (κ3) is 5.77. The molecule has 0 saturated heterocycles. The van der Waals surface area contributed by atoms with E-state index in [0.29, 0.717) is 0 Å². The smallest absolute Gasteiger partial charge is 0.138 e. The maximum absolute atomic E-state index is 4.67. The van der Waals surface area contributed by atoms with Gasteiger partial charge in [0, 0.05) is 46.2 Å². The van der Waals surface area contributed by atoms with Crippen molar-refractivity contribution in [2.75, 3.05) is 0 Å². The molecule has 0 aliphatic carbocycles. The normalized spacial score (nSPS) is 13.0. The molecule has 0 aliphatic heterocycles. The molecule has 0 fully saturated rings. The van der Waals surface area contributed by atoms with Crippen LogP contribution in [0.15, 0.2) is 128 Å². The van der Waals surface area contributed by atoms with Crippen LogP contribution in [0.25, 0.3) is 51.4 Å². The molecule has 202 valence electrons. The molecule has 4 aromatic heterocycles.